The Hall–Kier alpha value is -1.85. The van der Waals surface area contributed by atoms with Gasteiger partial charge in [-0.25, -0.2) is 0 Å². The van der Waals surface area contributed by atoms with Crippen molar-refractivity contribution in [2.75, 3.05) is 13.1 Å². The number of hydrogen-bond acceptors (Lipinski definition) is 3. The highest BCUT2D eigenvalue weighted by atomic mass is 16.2. The lowest BCUT2D eigenvalue weighted by atomic mass is 9.79. The Morgan fingerprint density at radius 2 is 2.05 bits per heavy atom. The van der Waals surface area contributed by atoms with Gasteiger partial charge in [0.2, 0.25) is 11.8 Å². The zero-order valence-electron chi connectivity index (χ0n) is 12.5. The molecule has 0 atom stereocenters. The van der Waals surface area contributed by atoms with Crippen LogP contribution in [0.4, 0.5) is 0 Å². The van der Waals surface area contributed by atoms with Crippen molar-refractivity contribution >= 4 is 11.8 Å². The van der Waals surface area contributed by atoms with E-state index in [1.165, 1.54) is 0 Å². The molecule has 2 fully saturated rings. The third-order valence-electron chi connectivity index (χ3n) is 4.55. The van der Waals surface area contributed by atoms with Gasteiger partial charge in [0.05, 0.1) is 12.7 Å². The fourth-order valence-electron chi connectivity index (χ4n) is 3.45. The lowest BCUT2D eigenvalue weighted by molar-refractivity contribution is -0.151. The van der Waals surface area contributed by atoms with Crippen molar-refractivity contribution in [2.24, 2.45) is 7.05 Å². The molecule has 0 bridgehead atoms. The van der Waals surface area contributed by atoms with Gasteiger partial charge in [0.25, 0.3) is 0 Å². The van der Waals surface area contributed by atoms with Crippen molar-refractivity contribution in [1.29, 1.82) is 0 Å². The first-order valence-corrected chi connectivity index (χ1v) is 7.67. The van der Waals surface area contributed by atoms with Gasteiger partial charge in [-0.3, -0.25) is 14.3 Å². The van der Waals surface area contributed by atoms with Gasteiger partial charge in [0.1, 0.15) is 5.54 Å². The van der Waals surface area contributed by atoms with Crippen molar-refractivity contribution in [2.45, 2.75) is 44.1 Å². The predicted octanol–water partition coefficient (Wildman–Crippen LogP) is 0.624. The maximum atomic E-state index is 12.8. The average molecular weight is 290 g/mol. The van der Waals surface area contributed by atoms with E-state index < -0.39 is 5.54 Å². The Morgan fingerprint density at radius 1 is 1.29 bits per heavy atom. The van der Waals surface area contributed by atoms with Crippen LogP contribution < -0.4 is 5.32 Å². The minimum atomic E-state index is -0.622. The molecule has 6 nitrogen and oxygen atoms in total. The number of hydrogen-bond donors (Lipinski definition) is 1. The van der Waals surface area contributed by atoms with Gasteiger partial charge in [-0.05, 0) is 24.8 Å². The summed E-state index contributed by atoms with van der Waals surface area (Å²) in [7, 11) is 1.88. The van der Waals surface area contributed by atoms with Crippen LogP contribution in [0.1, 0.15) is 37.7 Å². The minimum absolute atomic E-state index is 0.0253. The smallest absolute Gasteiger partial charge is 0.248 e. The fraction of sp³-hybridized carbons (Fsp3) is 0.667. The van der Waals surface area contributed by atoms with E-state index in [1.807, 2.05) is 19.4 Å². The Bertz CT molecular complexity index is 546. The molecule has 114 valence electrons. The molecule has 3 rings (SSSR count). The van der Waals surface area contributed by atoms with Crippen molar-refractivity contribution < 1.29 is 9.59 Å². The lowest BCUT2D eigenvalue weighted by Gasteiger charge is -2.44. The number of aryl methyl sites for hydroxylation is 1. The first-order chi connectivity index (χ1) is 10.1. The van der Waals surface area contributed by atoms with Crippen molar-refractivity contribution in [3.63, 3.8) is 0 Å². The van der Waals surface area contributed by atoms with Gasteiger partial charge in [0, 0.05) is 19.8 Å². The topological polar surface area (TPSA) is 67.2 Å². The number of carbonyl (C=O) groups is 2. The van der Waals surface area contributed by atoms with Crippen molar-refractivity contribution in [3.8, 4) is 0 Å². The Morgan fingerprint density at radius 3 is 2.71 bits per heavy atom. The van der Waals surface area contributed by atoms with Crippen LogP contribution in [0.5, 0.6) is 0 Å². The monoisotopic (exact) mass is 290 g/mol. The number of rotatable bonds is 3. The summed E-state index contributed by atoms with van der Waals surface area (Å²) in [6, 6.07) is 0. The number of nitrogens with one attached hydrogen (secondary N) is 1. The highest BCUT2D eigenvalue weighted by molar-refractivity contribution is 5.98. The quantitative estimate of drug-likeness (QED) is 0.887. The summed E-state index contributed by atoms with van der Waals surface area (Å²) < 4.78 is 1.75. The van der Waals surface area contributed by atoms with Crippen LogP contribution in [-0.2, 0) is 23.1 Å². The molecule has 1 aromatic rings. The number of aromatic nitrogens is 2. The van der Waals surface area contributed by atoms with E-state index in [-0.39, 0.29) is 18.4 Å². The first kappa shape index (κ1) is 14.1. The zero-order valence-corrected chi connectivity index (χ0v) is 12.5. The molecule has 2 heterocycles. The normalized spacial score (nSPS) is 21.7. The number of carbonyl (C=O) groups excluding carboxylic acids is 2. The zero-order chi connectivity index (χ0) is 14.9. The average Bonchev–Trinajstić information content (AvgIpc) is 2.88. The summed E-state index contributed by atoms with van der Waals surface area (Å²) in [5.74, 6) is 0.0772. The molecule has 1 spiro atoms. The Balaban J connectivity index is 1.69. The van der Waals surface area contributed by atoms with E-state index in [1.54, 1.807) is 9.58 Å². The maximum Gasteiger partial charge on any atom is 0.248 e. The Labute approximate surface area is 124 Å². The van der Waals surface area contributed by atoms with Crippen LogP contribution in [-0.4, -0.2) is 45.1 Å². The van der Waals surface area contributed by atoms with E-state index >= 15 is 0 Å². The largest absolute Gasteiger partial charge is 0.340 e. The second-order valence-corrected chi connectivity index (χ2v) is 6.19. The summed E-state index contributed by atoms with van der Waals surface area (Å²) in [5, 5.41) is 7.10. The highest BCUT2D eigenvalue weighted by Crippen LogP contribution is 2.31. The van der Waals surface area contributed by atoms with Gasteiger partial charge < -0.3 is 10.2 Å². The maximum absolute atomic E-state index is 12.8. The van der Waals surface area contributed by atoms with Gasteiger partial charge >= 0.3 is 0 Å². The molecule has 0 aromatic carbocycles. The molecule has 2 aliphatic rings. The van der Waals surface area contributed by atoms with E-state index in [9.17, 15) is 9.59 Å². The second-order valence-electron chi connectivity index (χ2n) is 6.19. The van der Waals surface area contributed by atoms with E-state index in [4.69, 9.17) is 0 Å². The van der Waals surface area contributed by atoms with Gasteiger partial charge in [-0.1, -0.05) is 19.3 Å². The summed E-state index contributed by atoms with van der Waals surface area (Å²) in [4.78, 5) is 26.5. The summed E-state index contributed by atoms with van der Waals surface area (Å²) in [5.41, 5.74) is 0.469. The van der Waals surface area contributed by atoms with Crippen molar-refractivity contribution in [1.82, 2.24) is 20.0 Å². The van der Waals surface area contributed by atoms with Crippen molar-refractivity contribution in [3.05, 3.63) is 18.0 Å². The number of piperazine rings is 1. The Kier molecular flexibility index (Phi) is 3.69. The molecule has 1 saturated carbocycles. The third kappa shape index (κ3) is 2.80. The molecule has 1 aromatic heterocycles. The molecule has 1 aliphatic heterocycles. The molecular weight excluding hydrogens is 268 g/mol. The minimum Gasteiger partial charge on any atom is -0.340 e. The number of nitrogens with zero attached hydrogens (tertiary/aromatic N) is 3. The van der Waals surface area contributed by atoms with Crippen LogP contribution in [0, 0.1) is 0 Å². The molecule has 1 aliphatic carbocycles. The molecule has 1 N–H and O–H groups in total. The van der Waals surface area contributed by atoms with E-state index in [0.29, 0.717) is 6.54 Å². The molecule has 6 heteroatoms. The first-order valence-electron chi connectivity index (χ1n) is 7.67. The lowest BCUT2D eigenvalue weighted by Crippen LogP contribution is -2.67. The van der Waals surface area contributed by atoms with E-state index in [0.717, 1.165) is 44.1 Å². The van der Waals surface area contributed by atoms with Gasteiger partial charge in [-0.2, -0.15) is 5.10 Å². The number of amides is 2. The molecule has 0 radical (unpaired) electrons. The SMILES string of the molecule is Cn1cc(CCN2CC(=O)NC3(CCCCC3)C2=O)cn1. The standard InChI is InChI=1S/C15H22N4O2/c1-18-10-12(9-16-18)5-8-19-11-13(20)17-15(14(19)21)6-3-2-4-7-15/h9-10H,2-8,11H2,1H3,(H,17,20). The molecule has 0 unspecified atom stereocenters. The van der Waals surface area contributed by atoms with Crippen LogP contribution >= 0.6 is 0 Å². The third-order valence-corrected chi connectivity index (χ3v) is 4.55. The van der Waals surface area contributed by atoms with Crippen LogP contribution in [0.2, 0.25) is 0 Å². The summed E-state index contributed by atoms with van der Waals surface area (Å²) in [6.07, 6.45) is 9.24. The highest BCUT2D eigenvalue weighted by Gasteiger charge is 2.46. The second kappa shape index (κ2) is 5.50. The van der Waals surface area contributed by atoms with Crippen LogP contribution in [0.3, 0.4) is 0 Å². The molecule has 21 heavy (non-hydrogen) atoms. The predicted molar refractivity (Wildman–Crippen MR) is 77.5 cm³/mol. The fourth-order valence-corrected chi connectivity index (χ4v) is 3.45. The van der Waals surface area contributed by atoms with E-state index in [2.05, 4.69) is 10.4 Å². The summed E-state index contributed by atoms with van der Waals surface area (Å²) >= 11 is 0. The molecule has 2 amide bonds. The summed E-state index contributed by atoms with van der Waals surface area (Å²) in [6.45, 7) is 0.764. The van der Waals surface area contributed by atoms with Gasteiger partial charge in [0.15, 0.2) is 0 Å². The molecular formula is C15H22N4O2. The molecule has 1 saturated heterocycles. The van der Waals surface area contributed by atoms with Crippen LogP contribution in [0.25, 0.3) is 0 Å². The van der Waals surface area contributed by atoms with Gasteiger partial charge in [-0.15, -0.1) is 0 Å². The van der Waals surface area contributed by atoms with Crippen LogP contribution in [0.15, 0.2) is 12.4 Å².